The van der Waals surface area contributed by atoms with E-state index in [-0.39, 0.29) is 13.5 Å². The largest absolute Gasteiger partial charge is 0.392 e. The highest BCUT2D eigenvalue weighted by Crippen LogP contribution is 2.21. The summed E-state index contributed by atoms with van der Waals surface area (Å²) in [4.78, 5) is 0. The molecule has 2 aromatic rings. The Morgan fingerprint density at radius 3 is 2.53 bits per heavy atom. The number of rotatable bonds is 2. The molecule has 0 aliphatic rings. The fraction of sp³-hybridized carbons (Fsp3) is 0.143. The van der Waals surface area contributed by atoms with Crippen molar-refractivity contribution < 1.29 is 6.48 Å². The first kappa shape index (κ1) is 8.69. The van der Waals surface area contributed by atoms with Crippen LogP contribution in [0.3, 0.4) is 0 Å². The molecule has 1 heteroatoms. The highest BCUT2D eigenvalue weighted by atomic mass is 16.3. The van der Waals surface area contributed by atoms with Gasteiger partial charge in [0.15, 0.2) is 0 Å². The summed E-state index contributed by atoms with van der Waals surface area (Å²) in [5.74, 6) is 0. The standard InChI is InChI=1S/C14H14O/c1-11-7-12(10-15)9-14(8-11)13-5-3-2-4-6-13/h2-9,15H,10H2,1H3/i1D. The normalized spacial score (nSPS) is 11.1. The Kier molecular flexibility index (Phi) is 2.48. The molecule has 0 atom stereocenters. The fourth-order valence-electron chi connectivity index (χ4n) is 1.65. The molecule has 0 radical (unpaired) electrons. The lowest BCUT2D eigenvalue weighted by Gasteiger charge is -2.05. The molecule has 76 valence electrons. The minimum absolute atomic E-state index is 0.0215. The summed E-state index contributed by atoms with van der Waals surface area (Å²) in [6.07, 6.45) is 0. The van der Waals surface area contributed by atoms with Gasteiger partial charge in [0.2, 0.25) is 0 Å². The lowest BCUT2D eigenvalue weighted by atomic mass is 10.0. The minimum Gasteiger partial charge on any atom is -0.392 e. The van der Waals surface area contributed by atoms with E-state index in [0.717, 1.165) is 22.3 Å². The molecule has 0 unspecified atom stereocenters. The highest BCUT2D eigenvalue weighted by Gasteiger charge is 1.99. The van der Waals surface area contributed by atoms with Gasteiger partial charge in [-0.25, -0.2) is 0 Å². The van der Waals surface area contributed by atoms with Gasteiger partial charge in [0.05, 0.1) is 6.61 Å². The van der Waals surface area contributed by atoms with E-state index in [4.69, 9.17) is 6.48 Å². The van der Waals surface area contributed by atoms with Crippen LogP contribution < -0.4 is 0 Å². The Morgan fingerprint density at radius 1 is 1.07 bits per heavy atom. The molecule has 15 heavy (non-hydrogen) atoms. The van der Waals surface area contributed by atoms with Crippen molar-refractivity contribution in [2.24, 2.45) is 0 Å². The van der Waals surface area contributed by atoms with Crippen LogP contribution in [0.2, 0.25) is 0 Å². The average molecular weight is 199 g/mol. The van der Waals surface area contributed by atoms with Gasteiger partial charge in [-0.3, -0.25) is 0 Å². The molecule has 0 heterocycles. The van der Waals surface area contributed by atoms with Crippen molar-refractivity contribution in [2.75, 3.05) is 0 Å². The van der Waals surface area contributed by atoms with Crippen molar-refractivity contribution in [3.8, 4) is 11.1 Å². The molecule has 0 aliphatic heterocycles. The third-order valence-electron chi connectivity index (χ3n) is 2.34. The SMILES string of the molecule is [2H]Cc1cc(CO)cc(-c2ccccc2)c1. The Hall–Kier alpha value is -1.60. The maximum absolute atomic E-state index is 9.17. The summed E-state index contributed by atoms with van der Waals surface area (Å²) in [6.45, 7) is 0.265. The van der Waals surface area contributed by atoms with Crippen LogP contribution in [0.4, 0.5) is 0 Å². The van der Waals surface area contributed by atoms with Crippen LogP contribution in [-0.4, -0.2) is 5.11 Å². The lowest BCUT2D eigenvalue weighted by molar-refractivity contribution is 0.282. The summed E-state index contributed by atoms with van der Waals surface area (Å²) in [7, 11) is 0. The predicted octanol–water partition coefficient (Wildman–Crippen LogP) is 3.15. The van der Waals surface area contributed by atoms with E-state index in [2.05, 4.69) is 0 Å². The lowest BCUT2D eigenvalue weighted by Crippen LogP contribution is -1.87. The fourth-order valence-corrected chi connectivity index (χ4v) is 1.65. The molecule has 2 aromatic carbocycles. The van der Waals surface area contributed by atoms with Gasteiger partial charge in [-0.1, -0.05) is 48.0 Å². The van der Waals surface area contributed by atoms with Crippen LogP contribution in [0.5, 0.6) is 0 Å². The Labute approximate surface area is 91.4 Å². The molecule has 0 fully saturated rings. The van der Waals surface area contributed by atoms with E-state index < -0.39 is 0 Å². The van der Waals surface area contributed by atoms with Crippen LogP contribution >= 0.6 is 0 Å². The molecular weight excluding hydrogens is 184 g/mol. The number of aryl methyl sites for hydroxylation is 1. The number of benzene rings is 2. The maximum atomic E-state index is 9.17. The third-order valence-corrected chi connectivity index (χ3v) is 2.34. The van der Waals surface area contributed by atoms with Gasteiger partial charge in [0, 0.05) is 1.37 Å². The molecule has 0 saturated heterocycles. The summed E-state index contributed by atoms with van der Waals surface area (Å²) in [5.41, 5.74) is 3.98. The van der Waals surface area contributed by atoms with Gasteiger partial charge >= 0.3 is 0 Å². The number of hydrogen-bond acceptors (Lipinski definition) is 1. The first-order valence-corrected chi connectivity index (χ1v) is 4.92. The molecule has 2 rings (SSSR count). The molecule has 0 aromatic heterocycles. The summed E-state index contributed by atoms with van der Waals surface area (Å²) >= 11 is 0. The van der Waals surface area contributed by atoms with Crippen LogP contribution in [0.1, 0.15) is 12.5 Å². The second kappa shape index (κ2) is 4.28. The van der Waals surface area contributed by atoms with Gasteiger partial charge in [-0.15, -0.1) is 0 Å². The van der Waals surface area contributed by atoms with E-state index in [0.29, 0.717) is 0 Å². The van der Waals surface area contributed by atoms with Crippen molar-refractivity contribution in [3.63, 3.8) is 0 Å². The average Bonchev–Trinajstić information content (AvgIpc) is 2.39. The number of aliphatic hydroxyl groups is 1. The van der Waals surface area contributed by atoms with Crippen molar-refractivity contribution in [3.05, 3.63) is 59.7 Å². The second-order valence-electron chi connectivity index (χ2n) is 3.56. The van der Waals surface area contributed by atoms with E-state index in [9.17, 15) is 0 Å². The van der Waals surface area contributed by atoms with Crippen molar-refractivity contribution in [1.82, 2.24) is 0 Å². The van der Waals surface area contributed by atoms with Gasteiger partial charge in [0.25, 0.3) is 0 Å². The number of hydrogen-bond donors (Lipinski definition) is 1. The topological polar surface area (TPSA) is 20.2 Å². The second-order valence-corrected chi connectivity index (χ2v) is 3.56. The predicted molar refractivity (Wildman–Crippen MR) is 62.5 cm³/mol. The molecule has 0 spiro atoms. The Balaban J connectivity index is 2.48. The number of aliphatic hydroxyl groups excluding tert-OH is 1. The molecule has 0 aliphatic carbocycles. The Bertz CT molecular complexity index is 443. The molecule has 0 bridgehead atoms. The third kappa shape index (κ3) is 2.25. The summed E-state index contributed by atoms with van der Waals surface area (Å²) < 4.78 is 7.39. The maximum Gasteiger partial charge on any atom is 0.0682 e. The summed E-state index contributed by atoms with van der Waals surface area (Å²) in [6, 6.07) is 15.9. The molecule has 1 nitrogen and oxygen atoms in total. The zero-order valence-corrected chi connectivity index (χ0v) is 8.48. The van der Waals surface area contributed by atoms with Gasteiger partial charge in [0.1, 0.15) is 0 Å². The van der Waals surface area contributed by atoms with Crippen LogP contribution in [0.25, 0.3) is 11.1 Å². The van der Waals surface area contributed by atoms with Crippen LogP contribution in [-0.2, 0) is 6.61 Å². The van der Waals surface area contributed by atoms with Gasteiger partial charge < -0.3 is 5.11 Å². The molecule has 0 amide bonds. The zero-order valence-electron chi connectivity index (χ0n) is 9.48. The molecule has 1 N–H and O–H groups in total. The minimum atomic E-state index is 0.0215. The highest BCUT2D eigenvalue weighted by molar-refractivity contribution is 5.64. The Morgan fingerprint density at radius 2 is 1.87 bits per heavy atom. The first-order chi connectivity index (χ1) is 7.83. The summed E-state index contributed by atoms with van der Waals surface area (Å²) in [5, 5.41) is 9.17. The molecule has 0 saturated carbocycles. The first-order valence-electron chi connectivity index (χ1n) is 5.62. The quantitative estimate of drug-likeness (QED) is 0.787. The van der Waals surface area contributed by atoms with Crippen molar-refractivity contribution in [2.45, 2.75) is 13.5 Å². The monoisotopic (exact) mass is 199 g/mol. The zero-order chi connectivity index (χ0) is 11.4. The van der Waals surface area contributed by atoms with E-state index in [1.54, 1.807) is 0 Å². The molecular formula is C14H14O. The smallest absolute Gasteiger partial charge is 0.0682 e. The van der Waals surface area contributed by atoms with Crippen LogP contribution in [0.15, 0.2) is 48.5 Å². The van der Waals surface area contributed by atoms with E-state index in [1.807, 2.05) is 48.5 Å². The van der Waals surface area contributed by atoms with E-state index >= 15 is 0 Å². The van der Waals surface area contributed by atoms with Crippen LogP contribution in [0, 0.1) is 6.90 Å². The van der Waals surface area contributed by atoms with Gasteiger partial charge in [-0.2, -0.15) is 0 Å². The van der Waals surface area contributed by atoms with Crippen molar-refractivity contribution >= 4 is 0 Å². The van der Waals surface area contributed by atoms with Crippen molar-refractivity contribution in [1.29, 1.82) is 0 Å². The van der Waals surface area contributed by atoms with E-state index in [1.165, 1.54) is 0 Å². The van der Waals surface area contributed by atoms with Gasteiger partial charge in [-0.05, 0) is 29.7 Å².